The largest absolute Gasteiger partial charge is 0.328 e. The second-order valence-corrected chi connectivity index (χ2v) is 6.43. The highest BCUT2D eigenvalue weighted by atomic mass is 32.1. The Kier molecular flexibility index (Phi) is 3.94. The number of urea groups is 1. The van der Waals surface area contributed by atoms with Crippen LogP contribution in [0.15, 0.2) is 59.6 Å². The maximum Gasteiger partial charge on any atom is 0.328 e. The lowest BCUT2D eigenvalue weighted by atomic mass is 10.1. The maximum atomic E-state index is 12.0. The topological polar surface area (TPSA) is 93.1 Å². The smallest absolute Gasteiger partial charge is 0.273 e. The van der Waals surface area contributed by atoms with Gasteiger partial charge in [0.1, 0.15) is 11.3 Å². The zero-order valence-electron chi connectivity index (χ0n) is 13.3. The molecule has 128 valence electrons. The molecule has 1 aromatic carbocycles. The van der Waals surface area contributed by atoms with Crippen LogP contribution in [0.2, 0.25) is 0 Å². The molecule has 0 aliphatic carbocycles. The van der Waals surface area contributed by atoms with Gasteiger partial charge in [0.2, 0.25) is 0 Å². The average Bonchev–Trinajstić information content (AvgIpc) is 3.28. The highest BCUT2D eigenvalue weighted by Gasteiger charge is 2.28. The first kappa shape index (κ1) is 16.0. The van der Waals surface area contributed by atoms with Gasteiger partial charge in [0.05, 0.1) is 10.6 Å². The van der Waals surface area contributed by atoms with Gasteiger partial charge in [-0.3, -0.25) is 20.2 Å². The van der Waals surface area contributed by atoms with E-state index in [1.807, 2.05) is 47.8 Å². The molecule has 3 heterocycles. The second kappa shape index (κ2) is 6.41. The molecule has 8 heteroatoms. The number of hydrogen-bond acceptors (Lipinski definition) is 5. The van der Waals surface area contributed by atoms with Crippen molar-refractivity contribution in [2.75, 3.05) is 0 Å². The van der Waals surface area contributed by atoms with Gasteiger partial charge in [-0.1, -0.05) is 24.3 Å². The van der Waals surface area contributed by atoms with Crippen LogP contribution >= 0.6 is 11.3 Å². The van der Waals surface area contributed by atoms with Crippen molar-refractivity contribution in [3.63, 3.8) is 0 Å². The summed E-state index contributed by atoms with van der Waals surface area (Å²) in [5.41, 5.74) is 1.96. The Hall–Kier alpha value is -3.52. The molecule has 0 unspecified atom stereocenters. The van der Waals surface area contributed by atoms with Crippen LogP contribution < -0.4 is 10.6 Å². The number of imide groups is 2. The van der Waals surface area contributed by atoms with Crippen molar-refractivity contribution in [3.05, 3.63) is 65.2 Å². The fraction of sp³-hybridized carbons (Fsp3) is 0. The van der Waals surface area contributed by atoms with Gasteiger partial charge < -0.3 is 0 Å². The summed E-state index contributed by atoms with van der Waals surface area (Å²) in [5.74, 6) is -1.47. The minimum absolute atomic E-state index is 0.144. The monoisotopic (exact) mass is 364 g/mol. The molecule has 4 rings (SSSR count). The number of nitrogens with zero attached hydrogens (tertiary/aromatic N) is 2. The molecule has 1 saturated heterocycles. The van der Waals surface area contributed by atoms with Gasteiger partial charge in [-0.05, 0) is 29.7 Å². The first-order valence-corrected chi connectivity index (χ1v) is 8.57. The van der Waals surface area contributed by atoms with E-state index in [4.69, 9.17) is 0 Å². The SMILES string of the molecule is O=C1NC(=O)C(=Cc2cn(-c3ccccc3)nc2-c2cccs2)C(=O)N1. The van der Waals surface area contributed by atoms with Crippen molar-refractivity contribution in [1.82, 2.24) is 20.4 Å². The Morgan fingerprint density at radius 3 is 2.35 bits per heavy atom. The normalized spacial score (nSPS) is 14.2. The van der Waals surface area contributed by atoms with Crippen LogP contribution in [-0.2, 0) is 9.59 Å². The van der Waals surface area contributed by atoms with Crippen molar-refractivity contribution < 1.29 is 14.4 Å². The molecule has 4 amide bonds. The molecule has 26 heavy (non-hydrogen) atoms. The summed E-state index contributed by atoms with van der Waals surface area (Å²) in [6, 6.07) is 12.5. The molecule has 7 nitrogen and oxygen atoms in total. The van der Waals surface area contributed by atoms with E-state index in [1.54, 1.807) is 10.9 Å². The van der Waals surface area contributed by atoms with Crippen molar-refractivity contribution in [3.8, 4) is 16.3 Å². The third-order valence-electron chi connectivity index (χ3n) is 3.76. The van der Waals surface area contributed by atoms with E-state index in [0.29, 0.717) is 11.3 Å². The van der Waals surface area contributed by atoms with Crippen LogP contribution in [-0.4, -0.2) is 27.6 Å². The molecule has 1 fully saturated rings. The van der Waals surface area contributed by atoms with Crippen molar-refractivity contribution in [2.24, 2.45) is 0 Å². The number of thiophene rings is 1. The summed E-state index contributed by atoms with van der Waals surface area (Å²) in [4.78, 5) is 36.1. The third kappa shape index (κ3) is 2.93. The zero-order chi connectivity index (χ0) is 18.1. The fourth-order valence-corrected chi connectivity index (χ4v) is 3.30. The van der Waals surface area contributed by atoms with Crippen LogP contribution in [0.3, 0.4) is 0 Å². The predicted molar refractivity (Wildman–Crippen MR) is 96.5 cm³/mol. The summed E-state index contributed by atoms with van der Waals surface area (Å²) in [6.45, 7) is 0. The Morgan fingerprint density at radius 1 is 0.962 bits per heavy atom. The van der Waals surface area contributed by atoms with Crippen LogP contribution in [0.4, 0.5) is 4.79 Å². The van der Waals surface area contributed by atoms with Gasteiger partial charge in [0.15, 0.2) is 0 Å². The van der Waals surface area contributed by atoms with Crippen molar-refractivity contribution >= 4 is 35.3 Å². The zero-order valence-corrected chi connectivity index (χ0v) is 14.1. The summed E-state index contributed by atoms with van der Waals surface area (Å²) in [5, 5.41) is 10.7. The van der Waals surface area contributed by atoms with Crippen molar-refractivity contribution in [2.45, 2.75) is 0 Å². The summed E-state index contributed by atoms with van der Waals surface area (Å²) in [6.07, 6.45) is 3.19. The number of rotatable bonds is 3. The number of carbonyl (C=O) groups is 3. The van der Waals surface area contributed by atoms with Gasteiger partial charge in [0.25, 0.3) is 11.8 Å². The van der Waals surface area contributed by atoms with Crippen LogP contribution in [0.25, 0.3) is 22.3 Å². The Balaban J connectivity index is 1.83. The van der Waals surface area contributed by atoms with Gasteiger partial charge >= 0.3 is 6.03 Å². The van der Waals surface area contributed by atoms with Gasteiger partial charge in [-0.25, -0.2) is 9.48 Å². The van der Waals surface area contributed by atoms with E-state index in [-0.39, 0.29) is 5.57 Å². The first-order valence-electron chi connectivity index (χ1n) is 7.69. The Bertz CT molecular complexity index is 1010. The number of nitrogens with one attached hydrogen (secondary N) is 2. The number of carbonyl (C=O) groups excluding carboxylic acids is 3. The van der Waals surface area contributed by atoms with Gasteiger partial charge in [-0.15, -0.1) is 11.3 Å². The minimum Gasteiger partial charge on any atom is -0.273 e. The molecule has 1 aliphatic rings. The second-order valence-electron chi connectivity index (χ2n) is 5.49. The molecule has 0 radical (unpaired) electrons. The number of aromatic nitrogens is 2. The first-order chi connectivity index (χ1) is 12.6. The molecule has 3 aromatic rings. The third-order valence-corrected chi connectivity index (χ3v) is 4.64. The van der Waals surface area contributed by atoms with E-state index >= 15 is 0 Å². The number of benzene rings is 1. The lowest BCUT2D eigenvalue weighted by Gasteiger charge is -2.13. The van der Waals surface area contributed by atoms with Crippen molar-refractivity contribution in [1.29, 1.82) is 0 Å². The van der Waals surface area contributed by atoms with Crippen LogP contribution in [0.1, 0.15) is 5.56 Å². The number of amides is 4. The molecule has 2 N–H and O–H groups in total. The number of hydrogen-bond donors (Lipinski definition) is 2. The number of para-hydroxylation sites is 1. The summed E-state index contributed by atoms with van der Waals surface area (Å²) >= 11 is 1.50. The molecule has 2 aromatic heterocycles. The molecule has 1 aliphatic heterocycles. The van der Waals surface area contributed by atoms with E-state index in [2.05, 4.69) is 15.7 Å². The molecule has 0 spiro atoms. The maximum absolute atomic E-state index is 12.0. The van der Waals surface area contributed by atoms with E-state index in [0.717, 1.165) is 10.6 Å². The summed E-state index contributed by atoms with van der Waals surface area (Å²) in [7, 11) is 0. The average molecular weight is 364 g/mol. The molecule has 0 saturated carbocycles. The lowest BCUT2D eigenvalue weighted by molar-refractivity contribution is -0.123. The van der Waals surface area contributed by atoms with Crippen LogP contribution in [0.5, 0.6) is 0 Å². The van der Waals surface area contributed by atoms with E-state index < -0.39 is 17.8 Å². The Morgan fingerprint density at radius 2 is 1.69 bits per heavy atom. The highest BCUT2D eigenvalue weighted by molar-refractivity contribution is 7.13. The lowest BCUT2D eigenvalue weighted by Crippen LogP contribution is -2.51. The molecular formula is C18H12N4O3S. The highest BCUT2D eigenvalue weighted by Crippen LogP contribution is 2.29. The molecule has 0 bridgehead atoms. The summed E-state index contributed by atoms with van der Waals surface area (Å²) < 4.78 is 1.69. The van der Waals surface area contributed by atoms with Crippen LogP contribution in [0, 0.1) is 0 Å². The standard InChI is InChI=1S/C18H12N4O3S/c23-16-13(17(24)20-18(25)19-16)9-11-10-22(12-5-2-1-3-6-12)21-15(11)14-7-4-8-26-14/h1-10H,(H2,19,20,23,24,25). The van der Waals surface area contributed by atoms with Gasteiger partial charge in [-0.2, -0.15) is 5.10 Å². The predicted octanol–water partition coefficient (Wildman–Crippen LogP) is 2.35. The molecular weight excluding hydrogens is 352 g/mol. The fourth-order valence-electron chi connectivity index (χ4n) is 2.57. The quantitative estimate of drug-likeness (QED) is 0.551. The van der Waals surface area contributed by atoms with E-state index in [9.17, 15) is 14.4 Å². The Labute approximate surface area is 152 Å². The molecule has 0 atom stereocenters. The van der Waals surface area contributed by atoms with E-state index in [1.165, 1.54) is 17.4 Å². The minimum atomic E-state index is -0.824. The number of barbiturate groups is 1. The van der Waals surface area contributed by atoms with Gasteiger partial charge in [0, 0.05) is 11.8 Å².